The van der Waals surface area contributed by atoms with Crippen LogP contribution >= 0.6 is 0 Å². The summed E-state index contributed by atoms with van der Waals surface area (Å²) in [5, 5.41) is 11.5. The second-order valence-corrected chi connectivity index (χ2v) is 5.36. The summed E-state index contributed by atoms with van der Waals surface area (Å²) in [4.78, 5) is 14.0. The van der Waals surface area contributed by atoms with Gasteiger partial charge in [0.15, 0.2) is 0 Å². The summed E-state index contributed by atoms with van der Waals surface area (Å²) in [6, 6.07) is 14.8. The van der Waals surface area contributed by atoms with Crippen LogP contribution in [0.2, 0.25) is 0 Å². The van der Waals surface area contributed by atoms with Gasteiger partial charge < -0.3 is 5.32 Å². The molecule has 0 bridgehead atoms. The van der Waals surface area contributed by atoms with Crippen LogP contribution in [0.15, 0.2) is 48.5 Å². The van der Waals surface area contributed by atoms with Crippen molar-refractivity contribution in [2.24, 2.45) is 0 Å². The second kappa shape index (κ2) is 7.52. The largest absolute Gasteiger partial charge is 0.325 e. The number of likely N-dealkylation sites (N-methyl/N-ethyl adjacent to an activating group) is 1. The van der Waals surface area contributed by atoms with Crippen LogP contribution < -0.4 is 5.32 Å². The van der Waals surface area contributed by atoms with E-state index in [9.17, 15) is 9.18 Å². The summed E-state index contributed by atoms with van der Waals surface area (Å²) in [7, 11) is 1.77. The first-order valence-corrected chi connectivity index (χ1v) is 7.26. The van der Waals surface area contributed by atoms with E-state index >= 15 is 0 Å². The topological polar surface area (TPSA) is 56.1 Å². The number of anilines is 1. The van der Waals surface area contributed by atoms with Crippen LogP contribution in [0.5, 0.6) is 0 Å². The number of nitrogens with zero attached hydrogens (tertiary/aromatic N) is 2. The Morgan fingerprint density at radius 1 is 1.26 bits per heavy atom. The minimum atomic E-state index is -0.426. The molecule has 0 heterocycles. The third kappa shape index (κ3) is 4.38. The summed E-state index contributed by atoms with van der Waals surface area (Å²) in [5.74, 6) is -0.465. The zero-order valence-corrected chi connectivity index (χ0v) is 13.1. The Bertz CT molecular complexity index is 722. The third-order valence-corrected chi connectivity index (χ3v) is 3.70. The number of nitrogens with one attached hydrogen (secondary N) is 1. The average Bonchev–Trinajstić information content (AvgIpc) is 2.56. The molecule has 23 heavy (non-hydrogen) atoms. The fourth-order valence-corrected chi connectivity index (χ4v) is 2.11. The maximum atomic E-state index is 13.7. The molecular weight excluding hydrogens is 293 g/mol. The third-order valence-electron chi connectivity index (χ3n) is 3.70. The van der Waals surface area contributed by atoms with Gasteiger partial charge in [0.05, 0.1) is 17.7 Å². The van der Waals surface area contributed by atoms with Gasteiger partial charge in [-0.25, -0.2) is 4.39 Å². The number of benzene rings is 2. The molecule has 0 aliphatic carbocycles. The van der Waals surface area contributed by atoms with Crippen LogP contribution in [-0.2, 0) is 11.3 Å². The van der Waals surface area contributed by atoms with Crippen molar-refractivity contribution in [3.8, 4) is 6.07 Å². The van der Waals surface area contributed by atoms with Crippen molar-refractivity contribution < 1.29 is 9.18 Å². The van der Waals surface area contributed by atoms with Gasteiger partial charge in [0.1, 0.15) is 5.82 Å². The standard InChI is InChI=1S/C18H18FN3O/c1-13(22(2)12-15-5-3-4-6-17(15)19)18(23)21-16-9-7-14(11-20)8-10-16/h3-10,13H,12H2,1-2H3,(H,21,23)/t13-/m1/s1. The molecule has 0 aliphatic rings. The summed E-state index contributed by atoms with van der Waals surface area (Å²) in [5.41, 5.74) is 1.71. The Labute approximate surface area is 135 Å². The fraction of sp³-hybridized carbons (Fsp3) is 0.222. The molecule has 2 aromatic carbocycles. The smallest absolute Gasteiger partial charge is 0.241 e. The molecular formula is C18H18FN3O. The SMILES string of the molecule is C[C@H](C(=O)Nc1ccc(C#N)cc1)N(C)Cc1ccccc1F. The van der Waals surface area contributed by atoms with E-state index in [-0.39, 0.29) is 11.7 Å². The van der Waals surface area contributed by atoms with Gasteiger partial charge in [-0.2, -0.15) is 5.26 Å². The highest BCUT2D eigenvalue weighted by Gasteiger charge is 2.19. The van der Waals surface area contributed by atoms with Gasteiger partial charge in [-0.05, 0) is 44.3 Å². The molecule has 0 spiro atoms. The predicted molar refractivity (Wildman–Crippen MR) is 87.1 cm³/mol. The number of halogens is 1. The number of rotatable bonds is 5. The molecule has 2 rings (SSSR count). The van der Waals surface area contributed by atoms with E-state index in [0.717, 1.165) is 0 Å². The van der Waals surface area contributed by atoms with Gasteiger partial charge in [-0.3, -0.25) is 9.69 Å². The maximum absolute atomic E-state index is 13.7. The highest BCUT2D eigenvalue weighted by molar-refractivity contribution is 5.94. The first-order valence-electron chi connectivity index (χ1n) is 7.26. The van der Waals surface area contributed by atoms with Crippen molar-refractivity contribution in [3.63, 3.8) is 0 Å². The lowest BCUT2D eigenvalue weighted by Crippen LogP contribution is -2.39. The molecule has 0 unspecified atom stereocenters. The highest BCUT2D eigenvalue weighted by Crippen LogP contribution is 2.13. The average molecular weight is 311 g/mol. The number of hydrogen-bond donors (Lipinski definition) is 1. The summed E-state index contributed by atoms with van der Waals surface area (Å²) in [6.07, 6.45) is 0. The molecule has 5 heteroatoms. The molecule has 1 amide bonds. The summed E-state index contributed by atoms with van der Waals surface area (Å²) >= 11 is 0. The zero-order chi connectivity index (χ0) is 16.8. The highest BCUT2D eigenvalue weighted by atomic mass is 19.1. The fourth-order valence-electron chi connectivity index (χ4n) is 2.11. The maximum Gasteiger partial charge on any atom is 0.241 e. The Balaban J connectivity index is 1.98. The van der Waals surface area contributed by atoms with Crippen LogP contribution in [-0.4, -0.2) is 23.9 Å². The molecule has 0 aromatic heterocycles. The molecule has 1 atom stereocenters. The van der Waals surface area contributed by atoms with E-state index in [1.165, 1.54) is 6.07 Å². The van der Waals surface area contributed by atoms with Crippen LogP contribution in [0, 0.1) is 17.1 Å². The monoisotopic (exact) mass is 311 g/mol. The van der Waals surface area contributed by atoms with Crippen LogP contribution in [0.4, 0.5) is 10.1 Å². The van der Waals surface area contributed by atoms with Crippen LogP contribution in [0.1, 0.15) is 18.1 Å². The van der Waals surface area contributed by atoms with Gasteiger partial charge in [-0.15, -0.1) is 0 Å². The summed E-state index contributed by atoms with van der Waals surface area (Å²) in [6.45, 7) is 2.11. The van der Waals surface area contributed by atoms with Crippen LogP contribution in [0.25, 0.3) is 0 Å². The Morgan fingerprint density at radius 3 is 2.52 bits per heavy atom. The van der Waals surface area contributed by atoms with Crippen molar-refractivity contribution >= 4 is 11.6 Å². The molecule has 1 N–H and O–H groups in total. The van der Waals surface area contributed by atoms with Gasteiger partial charge in [0, 0.05) is 17.8 Å². The Morgan fingerprint density at radius 2 is 1.91 bits per heavy atom. The van der Waals surface area contributed by atoms with Crippen molar-refractivity contribution in [1.82, 2.24) is 4.90 Å². The molecule has 4 nitrogen and oxygen atoms in total. The van der Waals surface area contributed by atoms with E-state index in [1.807, 2.05) is 6.07 Å². The number of hydrogen-bond acceptors (Lipinski definition) is 3. The Kier molecular flexibility index (Phi) is 5.45. The first-order chi connectivity index (χ1) is 11.0. The number of nitriles is 1. The molecule has 0 saturated carbocycles. The molecule has 0 radical (unpaired) electrons. The number of carbonyl (C=O) groups excluding carboxylic acids is 1. The number of amides is 1. The predicted octanol–water partition coefficient (Wildman–Crippen LogP) is 3.16. The van der Waals surface area contributed by atoms with Crippen molar-refractivity contribution in [2.45, 2.75) is 19.5 Å². The van der Waals surface area contributed by atoms with E-state index < -0.39 is 6.04 Å². The van der Waals surface area contributed by atoms with Crippen molar-refractivity contribution in [3.05, 3.63) is 65.5 Å². The Hall–Kier alpha value is -2.71. The van der Waals surface area contributed by atoms with E-state index in [2.05, 4.69) is 5.32 Å². The molecule has 2 aromatic rings. The van der Waals surface area contributed by atoms with E-state index in [1.54, 1.807) is 61.3 Å². The zero-order valence-electron chi connectivity index (χ0n) is 13.1. The second-order valence-electron chi connectivity index (χ2n) is 5.36. The van der Waals surface area contributed by atoms with E-state index in [0.29, 0.717) is 23.4 Å². The summed E-state index contributed by atoms with van der Waals surface area (Å²) < 4.78 is 13.7. The van der Waals surface area contributed by atoms with E-state index in [4.69, 9.17) is 5.26 Å². The lowest BCUT2D eigenvalue weighted by atomic mass is 10.1. The number of carbonyl (C=O) groups is 1. The quantitative estimate of drug-likeness (QED) is 0.923. The van der Waals surface area contributed by atoms with Gasteiger partial charge in [0.25, 0.3) is 0 Å². The van der Waals surface area contributed by atoms with Crippen molar-refractivity contribution in [2.75, 3.05) is 12.4 Å². The molecule has 0 aliphatic heterocycles. The van der Waals surface area contributed by atoms with Gasteiger partial charge in [-0.1, -0.05) is 18.2 Å². The lowest BCUT2D eigenvalue weighted by molar-refractivity contribution is -0.120. The molecule has 0 fully saturated rings. The normalized spacial score (nSPS) is 11.8. The molecule has 118 valence electrons. The van der Waals surface area contributed by atoms with Crippen LogP contribution in [0.3, 0.4) is 0 Å². The van der Waals surface area contributed by atoms with Gasteiger partial charge >= 0.3 is 0 Å². The van der Waals surface area contributed by atoms with Gasteiger partial charge in [0.2, 0.25) is 5.91 Å². The lowest BCUT2D eigenvalue weighted by Gasteiger charge is -2.24. The minimum absolute atomic E-state index is 0.187. The van der Waals surface area contributed by atoms with Crippen molar-refractivity contribution in [1.29, 1.82) is 5.26 Å². The first kappa shape index (κ1) is 16.7. The minimum Gasteiger partial charge on any atom is -0.325 e. The molecule has 0 saturated heterocycles.